The van der Waals surface area contributed by atoms with Crippen molar-refractivity contribution in [1.82, 2.24) is 14.8 Å². The quantitative estimate of drug-likeness (QED) is 0.365. The van der Waals surface area contributed by atoms with Gasteiger partial charge in [-0.05, 0) is 24.3 Å². The summed E-state index contributed by atoms with van der Waals surface area (Å²) in [6.07, 6.45) is 1.60. The Hall–Kier alpha value is -2.58. The van der Waals surface area contributed by atoms with Gasteiger partial charge in [0.25, 0.3) is 5.69 Å². The predicted molar refractivity (Wildman–Crippen MR) is 95.6 cm³/mol. The van der Waals surface area contributed by atoms with Gasteiger partial charge in [-0.25, -0.2) is 0 Å². The lowest BCUT2D eigenvalue weighted by molar-refractivity contribution is -0.384. The van der Waals surface area contributed by atoms with Crippen LogP contribution in [0.4, 0.5) is 5.69 Å². The van der Waals surface area contributed by atoms with Gasteiger partial charge in [-0.1, -0.05) is 29.4 Å². The average molecular weight is 377 g/mol. The zero-order chi connectivity index (χ0) is 17.8. The fourth-order valence-corrected chi connectivity index (χ4v) is 3.35. The molecule has 25 heavy (non-hydrogen) atoms. The van der Waals surface area contributed by atoms with Gasteiger partial charge in [-0.15, -0.1) is 10.2 Å². The van der Waals surface area contributed by atoms with Crippen molar-refractivity contribution in [3.05, 3.63) is 69.5 Å². The minimum Gasteiger partial charge on any atom is -0.496 e. The van der Waals surface area contributed by atoms with Crippen molar-refractivity contribution in [1.29, 1.82) is 0 Å². The fourth-order valence-electron chi connectivity index (χ4n) is 2.26. The molecule has 0 bridgehead atoms. The van der Waals surface area contributed by atoms with Crippen LogP contribution in [-0.2, 0) is 5.75 Å². The number of halogens is 1. The van der Waals surface area contributed by atoms with Crippen molar-refractivity contribution < 1.29 is 9.66 Å². The highest BCUT2D eigenvalue weighted by atomic mass is 35.5. The summed E-state index contributed by atoms with van der Waals surface area (Å²) < 4.78 is 7.09. The highest BCUT2D eigenvalue weighted by Gasteiger charge is 2.14. The Morgan fingerprint density at radius 1 is 1.32 bits per heavy atom. The second kappa shape index (κ2) is 7.54. The summed E-state index contributed by atoms with van der Waals surface area (Å²) in [4.78, 5) is 10.5. The molecular weight excluding hydrogens is 364 g/mol. The molecule has 128 valence electrons. The standard InChI is InChI=1S/C16H13ClN4O3S/c1-24-15-6-5-14(21(22)23)7-11(15)9-25-16-19-18-10-20(16)13-4-2-3-12(17)8-13/h2-8,10H,9H2,1H3. The van der Waals surface area contributed by atoms with E-state index in [4.69, 9.17) is 16.3 Å². The first-order chi connectivity index (χ1) is 12.1. The Labute approximate surface area is 152 Å². The highest BCUT2D eigenvalue weighted by molar-refractivity contribution is 7.98. The zero-order valence-corrected chi connectivity index (χ0v) is 14.7. The number of rotatable bonds is 6. The molecule has 0 amide bonds. The molecule has 0 aliphatic heterocycles. The first kappa shape index (κ1) is 17.2. The summed E-state index contributed by atoms with van der Waals surface area (Å²) in [7, 11) is 1.53. The molecule has 0 spiro atoms. The van der Waals surface area contributed by atoms with Crippen LogP contribution >= 0.6 is 23.4 Å². The smallest absolute Gasteiger partial charge is 0.270 e. The number of non-ortho nitro benzene ring substituents is 1. The van der Waals surface area contributed by atoms with Crippen LogP contribution < -0.4 is 4.74 Å². The normalized spacial score (nSPS) is 10.6. The zero-order valence-electron chi connectivity index (χ0n) is 13.1. The van der Waals surface area contributed by atoms with Crippen molar-refractivity contribution in [3.63, 3.8) is 0 Å². The summed E-state index contributed by atoms with van der Waals surface area (Å²) in [5, 5.41) is 20.3. The molecular formula is C16H13ClN4O3S. The van der Waals surface area contributed by atoms with Crippen LogP contribution in [0.15, 0.2) is 53.9 Å². The van der Waals surface area contributed by atoms with Crippen molar-refractivity contribution in [2.24, 2.45) is 0 Å². The maximum atomic E-state index is 11.0. The van der Waals surface area contributed by atoms with Gasteiger partial charge in [-0.2, -0.15) is 0 Å². The van der Waals surface area contributed by atoms with Gasteiger partial charge in [0.2, 0.25) is 0 Å². The molecule has 0 saturated heterocycles. The number of nitro groups is 1. The number of nitrogens with zero attached hydrogens (tertiary/aromatic N) is 4. The third-order valence-electron chi connectivity index (χ3n) is 3.43. The topological polar surface area (TPSA) is 83.1 Å². The van der Waals surface area contributed by atoms with Crippen LogP contribution in [0.25, 0.3) is 5.69 Å². The van der Waals surface area contributed by atoms with Gasteiger partial charge in [0.1, 0.15) is 12.1 Å². The Balaban J connectivity index is 1.85. The van der Waals surface area contributed by atoms with E-state index in [1.165, 1.54) is 31.0 Å². The summed E-state index contributed by atoms with van der Waals surface area (Å²) >= 11 is 7.43. The maximum absolute atomic E-state index is 11.0. The number of hydrogen-bond donors (Lipinski definition) is 0. The molecule has 0 radical (unpaired) electrons. The van der Waals surface area contributed by atoms with Gasteiger partial charge in [0.15, 0.2) is 5.16 Å². The molecule has 3 aromatic rings. The Morgan fingerprint density at radius 2 is 2.16 bits per heavy atom. The van der Waals surface area contributed by atoms with Crippen LogP contribution in [-0.4, -0.2) is 26.8 Å². The molecule has 0 saturated carbocycles. The minimum atomic E-state index is -0.428. The summed E-state index contributed by atoms with van der Waals surface area (Å²) in [5.41, 5.74) is 1.57. The number of methoxy groups -OCH3 is 1. The van der Waals surface area contributed by atoms with Crippen LogP contribution in [0.5, 0.6) is 5.75 Å². The highest BCUT2D eigenvalue weighted by Crippen LogP contribution is 2.31. The van der Waals surface area contributed by atoms with Crippen molar-refractivity contribution >= 4 is 29.1 Å². The lowest BCUT2D eigenvalue weighted by Gasteiger charge is -2.09. The van der Waals surface area contributed by atoms with E-state index in [1.54, 1.807) is 23.0 Å². The van der Waals surface area contributed by atoms with E-state index < -0.39 is 4.92 Å². The van der Waals surface area contributed by atoms with Crippen LogP contribution in [0.3, 0.4) is 0 Å². The summed E-state index contributed by atoms with van der Waals surface area (Å²) in [5.74, 6) is 1.04. The van der Waals surface area contributed by atoms with E-state index in [2.05, 4.69) is 10.2 Å². The van der Waals surface area contributed by atoms with E-state index in [9.17, 15) is 10.1 Å². The van der Waals surface area contributed by atoms with Crippen LogP contribution in [0.1, 0.15) is 5.56 Å². The number of hydrogen-bond acceptors (Lipinski definition) is 6. The number of aromatic nitrogens is 3. The van der Waals surface area contributed by atoms with E-state index in [1.807, 2.05) is 18.2 Å². The van der Waals surface area contributed by atoms with E-state index >= 15 is 0 Å². The molecule has 7 nitrogen and oxygen atoms in total. The van der Waals surface area contributed by atoms with Gasteiger partial charge < -0.3 is 4.74 Å². The third kappa shape index (κ3) is 3.92. The molecule has 0 aliphatic carbocycles. The minimum absolute atomic E-state index is 0.0210. The molecule has 0 unspecified atom stereocenters. The fraction of sp³-hybridized carbons (Fsp3) is 0.125. The second-order valence-electron chi connectivity index (χ2n) is 5.01. The van der Waals surface area contributed by atoms with Gasteiger partial charge in [0.05, 0.1) is 17.7 Å². The average Bonchev–Trinajstić information content (AvgIpc) is 3.08. The van der Waals surface area contributed by atoms with E-state index in [0.717, 1.165) is 5.69 Å². The molecule has 9 heteroatoms. The van der Waals surface area contributed by atoms with E-state index in [-0.39, 0.29) is 5.69 Å². The Kier molecular flexibility index (Phi) is 5.20. The number of nitro benzene ring substituents is 1. The SMILES string of the molecule is COc1ccc([N+](=O)[O-])cc1CSc1nncn1-c1cccc(Cl)c1. The van der Waals surface area contributed by atoms with Crippen LogP contribution in [0, 0.1) is 10.1 Å². The Bertz CT molecular complexity index is 916. The third-order valence-corrected chi connectivity index (χ3v) is 4.66. The summed E-state index contributed by atoms with van der Waals surface area (Å²) in [6.45, 7) is 0. The molecule has 1 aromatic heterocycles. The lowest BCUT2D eigenvalue weighted by Crippen LogP contribution is -1.97. The lowest BCUT2D eigenvalue weighted by atomic mass is 10.2. The van der Waals surface area contributed by atoms with Gasteiger partial charge >= 0.3 is 0 Å². The maximum Gasteiger partial charge on any atom is 0.270 e. The first-order valence-electron chi connectivity index (χ1n) is 7.18. The summed E-state index contributed by atoms with van der Waals surface area (Å²) in [6, 6.07) is 11.9. The second-order valence-corrected chi connectivity index (χ2v) is 6.38. The van der Waals surface area contributed by atoms with Gasteiger partial charge in [-0.3, -0.25) is 14.7 Å². The number of thioether (sulfide) groups is 1. The number of benzene rings is 2. The monoisotopic (exact) mass is 376 g/mol. The molecule has 3 rings (SSSR count). The van der Waals surface area contributed by atoms with Crippen molar-refractivity contribution in [2.75, 3.05) is 7.11 Å². The van der Waals surface area contributed by atoms with Crippen LogP contribution in [0.2, 0.25) is 5.02 Å². The predicted octanol–water partition coefficient (Wildman–Crippen LogP) is 4.13. The molecule has 0 aliphatic rings. The molecule has 1 heterocycles. The Morgan fingerprint density at radius 3 is 2.88 bits per heavy atom. The van der Waals surface area contributed by atoms with Gasteiger partial charge in [0, 0.05) is 28.5 Å². The van der Waals surface area contributed by atoms with E-state index in [0.29, 0.717) is 27.2 Å². The number of ether oxygens (including phenoxy) is 1. The molecule has 0 N–H and O–H groups in total. The largest absolute Gasteiger partial charge is 0.496 e. The van der Waals surface area contributed by atoms with Crippen molar-refractivity contribution in [2.45, 2.75) is 10.9 Å². The first-order valence-corrected chi connectivity index (χ1v) is 8.55. The van der Waals surface area contributed by atoms with Crippen molar-refractivity contribution in [3.8, 4) is 11.4 Å². The molecule has 2 aromatic carbocycles. The molecule has 0 fully saturated rings. The molecule has 0 atom stereocenters.